The van der Waals surface area contributed by atoms with Gasteiger partial charge in [0.05, 0.1) is 12.6 Å². The fraction of sp³-hybridized carbons (Fsp3) is 0.529. The van der Waals surface area contributed by atoms with Crippen molar-refractivity contribution in [3.8, 4) is 11.8 Å². The molecule has 3 heteroatoms. The summed E-state index contributed by atoms with van der Waals surface area (Å²) in [5.41, 5.74) is 1.88. The Morgan fingerprint density at radius 2 is 2.10 bits per heavy atom. The Hall–Kier alpha value is -1.34. The molecule has 1 aliphatic heterocycles. The molecule has 0 spiro atoms. The van der Waals surface area contributed by atoms with Crippen molar-refractivity contribution in [3.63, 3.8) is 0 Å². The maximum absolute atomic E-state index is 10.1. The highest BCUT2D eigenvalue weighted by Crippen LogP contribution is 2.16. The topological polar surface area (TPSA) is 41.5 Å². The van der Waals surface area contributed by atoms with Crippen molar-refractivity contribution in [2.24, 2.45) is 0 Å². The van der Waals surface area contributed by atoms with Crippen LogP contribution in [0.15, 0.2) is 24.3 Å². The number of hydrogen-bond donors (Lipinski definition) is 2. The summed E-state index contributed by atoms with van der Waals surface area (Å²) in [5.74, 6) is 5.92. The first kappa shape index (κ1) is 15.1. The maximum atomic E-state index is 10.1. The number of ether oxygens (including phenoxy) is 1. The van der Waals surface area contributed by atoms with E-state index in [0.29, 0.717) is 6.61 Å². The average molecular weight is 273 g/mol. The number of aliphatic hydroxyl groups is 1. The lowest BCUT2D eigenvalue weighted by atomic mass is 10.1. The zero-order valence-electron chi connectivity index (χ0n) is 12.4. The third kappa shape index (κ3) is 4.08. The number of rotatable bonds is 3. The van der Waals surface area contributed by atoms with Crippen LogP contribution in [-0.2, 0) is 11.2 Å². The third-order valence-electron chi connectivity index (χ3n) is 3.39. The van der Waals surface area contributed by atoms with Crippen LogP contribution in [0.3, 0.4) is 0 Å². The van der Waals surface area contributed by atoms with Gasteiger partial charge in [0.1, 0.15) is 11.8 Å². The molecule has 0 radical (unpaired) electrons. The van der Waals surface area contributed by atoms with E-state index in [1.54, 1.807) is 0 Å². The molecular weight excluding hydrogens is 250 g/mol. The standard InChI is InChI=1S/C17H23NO2/c1-4-5-13-6-8-14(9-7-13)10-11-16(19)15-12-20-17(2,3)18-15/h6-9,15-16,18-19H,4-5,12H2,1-3H3. The molecule has 2 atom stereocenters. The molecule has 0 amide bonds. The van der Waals surface area contributed by atoms with Crippen LogP contribution in [0.5, 0.6) is 0 Å². The summed E-state index contributed by atoms with van der Waals surface area (Å²) in [6, 6.07) is 8.08. The van der Waals surface area contributed by atoms with Crippen molar-refractivity contribution >= 4 is 0 Å². The fourth-order valence-electron chi connectivity index (χ4n) is 2.30. The monoisotopic (exact) mass is 273 g/mol. The maximum Gasteiger partial charge on any atom is 0.132 e. The average Bonchev–Trinajstić information content (AvgIpc) is 2.78. The molecule has 1 fully saturated rings. The van der Waals surface area contributed by atoms with Gasteiger partial charge in [-0.25, -0.2) is 0 Å². The molecule has 2 N–H and O–H groups in total. The van der Waals surface area contributed by atoms with E-state index in [1.165, 1.54) is 5.56 Å². The predicted octanol–water partition coefficient (Wildman–Crippen LogP) is 2.08. The largest absolute Gasteiger partial charge is 0.379 e. The van der Waals surface area contributed by atoms with Gasteiger partial charge in [-0.1, -0.05) is 37.3 Å². The van der Waals surface area contributed by atoms with E-state index in [2.05, 4.69) is 36.2 Å². The van der Waals surface area contributed by atoms with Gasteiger partial charge in [0.15, 0.2) is 0 Å². The van der Waals surface area contributed by atoms with Gasteiger partial charge in [-0.05, 0) is 38.0 Å². The Morgan fingerprint density at radius 1 is 1.40 bits per heavy atom. The number of benzene rings is 1. The van der Waals surface area contributed by atoms with Crippen LogP contribution in [0.4, 0.5) is 0 Å². The van der Waals surface area contributed by atoms with E-state index in [-0.39, 0.29) is 11.8 Å². The van der Waals surface area contributed by atoms with Gasteiger partial charge in [-0.15, -0.1) is 0 Å². The second kappa shape index (κ2) is 6.41. The second-order valence-corrected chi connectivity index (χ2v) is 5.73. The minimum atomic E-state index is -0.716. The second-order valence-electron chi connectivity index (χ2n) is 5.73. The molecule has 20 heavy (non-hydrogen) atoms. The third-order valence-corrected chi connectivity index (χ3v) is 3.39. The lowest BCUT2D eigenvalue weighted by Gasteiger charge is -2.18. The summed E-state index contributed by atoms with van der Waals surface area (Å²) in [5, 5.41) is 13.3. The van der Waals surface area contributed by atoms with Gasteiger partial charge in [0.25, 0.3) is 0 Å². The van der Waals surface area contributed by atoms with Crippen molar-refractivity contribution in [3.05, 3.63) is 35.4 Å². The Balaban J connectivity index is 1.96. The van der Waals surface area contributed by atoms with Crippen molar-refractivity contribution in [2.75, 3.05) is 6.61 Å². The quantitative estimate of drug-likeness (QED) is 0.829. The van der Waals surface area contributed by atoms with E-state index < -0.39 is 6.10 Å². The summed E-state index contributed by atoms with van der Waals surface area (Å²) < 4.78 is 5.53. The van der Waals surface area contributed by atoms with E-state index in [4.69, 9.17) is 4.74 Å². The van der Waals surface area contributed by atoms with E-state index in [0.717, 1.165) is 18.4 Å². The lowest BCUT2D eigenvalue weighted by molar-refractivity contribution is 0.0228. The molecule has 108 valence electrons. The first-order chi connectivity index (χ1) is 9.50. The van der Waals surface area contributed by atoms with Crippen LogP contribution >= 0.6 is 0 Å². The first-order valence-electron chi connectivity index (χ1n) is 7.20. The van der Waals surface area contributed by atoms with Gasteiger partial charge in [0.2, 0.25) is 0 Å². The fourth-order valence-corrected chi connectivity index (χ4v) is 2.30. The molecule has 0 saturated carbocycles. The summed E-state index contributed by atoms with van der Waals surface area (Å²) in [4.78, 5) is 0. The molecule has 1 saturated heterocycles. The zero-order chi connectivity index (χ0) is 14.6. The van der Waals surface area contributed by atoms with Gasteiger partial charge in [-0.2, -0.15) is 0 Å². The normalized spacial score (nSPS) is 22.1. The smallest absolute Gasteiger partial charge is 0.132 e. The number of hydrogen-bond acceptors (Lipinski definition) is 3. The zero-order valence-corrected chi connectivity index (χ0v) is 12.4. The van der Waals surface area contributed by atoms with E-state index in [9.17, 15) is 5.11 Å². The van der Waals surface area contributed by atoms with Gasteiger partial charge >= 0.3 is 0 Å². The van der Waals surface area contributed by atoms with Crippen LogP contribution in [0, 0.1) is 11.8 Å². The molecule has 1 aromatic rings. The van der Waals surface area contributed by atoms with Crippen molar-refractivity contribution in [1.82, 2.24) is 5.32 Å². The summed E-state index contributed by atoms with van der Waals surface area (Å²) in [6.07, 6.45) is 1.52. The highest BCUT2D eigenvalue weighted by atomic mass is 16.5. The Bertz CT molecular complexity index is 496. The van der Waals surface area contributed by atoms with Crippen LogP contribution in [0.25, 0.3) is 0 Å². The van der Waals surface area contributed by atoms with Crippen LogP contribution < -0.4 is 5.32 Å². The molecule has 3 nitrogen and oxygen atoms in total. The summed E-state index contributed by atoms with van der Waals surface area (Å²) in [6.45, 7) is 6.54. The van der Waals surface area contributed by atoms with Gasteiger partial charge in [0, 0.05) is 5.56 Å². The van der Waals surface area contributed by atoms with Crippen LogP contribution in [0.1, 0.15) is 38.3 Å². The number of nitrogens with one attached hydrogen (secondary N) is 1. The van der Waals surface area contributed by atoms with Gasteiger partial charge < -0.3 is 9.84 Å². The van der Waals surface area contributed by atoms with Crippen molar-refractivity contribution < 1.29 is 9.84 Å². The summed E-state index contributed by atoms with van der Waals surface area (Å²) in [7, 11) is 0. The Labute approximate surface area is 121 Å². The molecule has 1 heterocycles. The highest BCUT2D eigenvalue weighted by molar-refractivity contribution is 5.37. The molecular formula is C17H23NO2. The minimum Gasteiger partial charge on any atom is -0.379 e. The van der Waals surface area contributed by atoms with Crippen molar-refractivity contribution in [1.29, 1.82) is 0 Å². The molecule has 1 aliphatic rings. The highest BCUT2D eigenvalue weighted by Gasteiger charge is 2.34. The molecule has 0 bridgehead atoms. The summed E-state index contributed by atoms with van der Waals surface area (Å²) >= 11 is 0. The van der Waals surface area contributed by atoms with E-state index in [1.807, 2.05) is 26.0 Å². The lowest BCUT2D eigenvalue weighted by Crippen LogP contribution is -2.43. The molecule has 0 aromatic heterocycles. The number of aliphatic hydroxyl groups excluding tert-OH is 1. The van der Waals surface area contributed by atoms with Crippen LogP contribution in [0.2, 0.25) is 0 Å². The van der Waals surface area contributed by atoms with E-state index >= 15 is 0 Å². The Morgan fingerprint density at radius 3 is 2.65 bits per heavy atom. The van der Waals surface area contributed by atoms with Crippen LogP contribution in [-0.4, -0.2) is 29.6 Å². The Kier molecular flexibility index (Phi) is 4.82. The molecule has 2 rings (SSSR count). The van der Waals surface area contributed by atoms with Gasteiger partial charge in [-0.3, -0.25) is 5.32 Å². The first-order valence-corrected chi connectivity index (χ1v) is 7.20. The molecule has 0 aliphatic carbocycles. The SMILES string of the molecule is CCCc1ccc(C#CC(O)C2COC(C)(C)N2)cc1. The predicted molar refractivity (Wildman–Crippen MR) is 80.3 cm³/mol. The minimum absolute atomic E-state index is 0.128. The number of aryl methyl sites for hydroxylation is 1. The molecule has 2 unspecified atom stereocenters. The molecule has 1 aromatic carbocycles. The van der Waals surface area contributed by atoms with Crippen molar-refractivity contribution in [2.45, 2.75) is 51.5 Å².